The molecule has 2 nitrogen and oxygen atoms in total. The van der Waals surface area contributed by atoms with Gasteiger partial charge in [-0.2, -0.15) is 0 Å². The average molecular weight is 257 g/mol. The lowest BCUT2D eigenvalue weighted by atomic mass is 10.1. The molecule has 1 aromatic rings. The predicted molar refractivity (Wildman–Crippen MR) is 59.5 cm³/mol. The maximum atomic E-state index is 11.3. The summed E-state index contributed by atoms with van der Waals surface area (Å²) in [6.07, 6.45) is 0. The molecule has 0 saturated carbocycles. The van der Waals surface area contributed by atoms with Crippen molar-refractivity contribution in [2.75, 3.05) is 6.61 Å². The number of Topliss-reactive ketones (excluding diaryl/α,β-unsaturated/α-hetero) is 1. The third-order valence-electron chi connectivity index (χ3n) is 1.91. The molecule has 1 rings (SSSR count). The fraction of sp³-hybridized carbons (Fsp3) is 0.364. The van der Waals surface area contributed by atoms with Crippen LogP contribution in [0.3, 0.4) is 0 Å². The highest BCUT2D eigenvalue weighted by Crippen LogP contribution is 2.18. The van der Waals surface area contributed by atoms with Gasteiger partial charge in [-0.05, 0) is 31.5 Å². The van der Waals surface area contributed by atoms with Gasteiger partial charge >= 0.3 is 0 Å². The van der Waals surface area contributed by atoms with E-state index in [1.165, 1.54) is 0 Å². The molecular weight excluding hydrogens is 244 g/mol. The van der Waals surface area contributed by atoms with Crippen LogP contribution < -0.4 is 0 Å². The van der Waals surface area contributed by atoms with Crippen molar-refractivity contribution in [3.8, 4) is 0 Å². The van der Waals surface area contributed by atoms with E-state index < -0.39 is 0 Å². The van der Waals surface area contributed by atoms with Crippen LogP contribution in [0.4, 0.5) is 0 Å². The zero-order valence-corrected chi connectivity index (χ0v) is 9.93. The van der Waals surface area contributed by atoms with E-state index in [1.807, 2.05) is 25.1 Å². The van der Waals surface area contributed by atoms with Gasteiger partial charge in [0.2, 0.25) is 0 Å². The standard InChI is InChI=1S/C11H13BrO2/c1-3-14-7-9-4-5-10(12)6-11(9)8(2)13/h4-6H,3,7H2,1-2H3. The van der Waals surface area contributed by atoms with Crippen LogP contribution in [0.5, 0.6) is 0 Å². The highest BCUT2D eigenvalue weighted by atomic mass is 79.9. The minimum atomic E-state index is 0.0704. The van der Waals surface area contributed by atoms with Crippen LogP contribution in [0.1, 0.15) is 29.8 Å². The summed E-state index contributed by atoms with van der Waals surface area (Å²) < 4.78 is 6.20. The maximum Gasteiger partial charge on any atom is 0.160 e. The molecule has 0 spiro atoms. The molecule has 0 atom stereocenters. The van der Waals surface area contributed by atoms with Crippen LogP contribution in [0.15, 0.2) is 22.7 Å². The fourth-order valence-corrected chi connectivity index (χ4v) is 1.58. The fourth-order valence-electron chi connectivity index (χ4n) is 1.21. The molecule has 0 aromatic heterocycles. The Morgan fingerprint density at radius 2 is 2.21 bits per heavy atom. The Morgan fingerprint density at radius 3 is 2.79 bits per heavy atom. The first-order valence-electron chi connectivity index (χ1n) is 4.52. The highest BCUT2D eigenvalue weighted by Gasteiger charge is 2.07. The predicted octanol–water partition coefficient (Wildman–Crippen LogP) is 3.19. The second kappa shape index (κ2) is 5.27. The zero-order chi connectivity index (χ0) is 10.6. The number of hydrogen-bond donors (Lipinski definition) is 0. The van der Waals surface area contributed by atoms with Gasteiger partial charge in [0, 0.05) is 16.6 Å². The van der Waals surface area contributed by atoms with Crippen molar-refractivity contribution < 1.29 is 9.53 Å². The van der Waals surface area contributed by atoms with Gasteiger partial charge in [-0.1, -0.05) is 22.0 Å². The van der Waals surface area contributed by atoms with Gasteiger partial charge in [0.25, 0.3) is 0 Å². The first kappa shape index (κ1) is 11.4. The van der Waals surface area contributed by atoms with Gasteiger partial charge in [-0.3, -0.25) is 4.79 Å². The minimum absolute atomic E-state index is 0.0704. The molecule has 0 radical (unpaired) electrons. The second-order valence-corrected chi connectivity index (χ2v) is 3.91. The van der Waals surface area contributed by atoms with Crippen molar-refractivity contribution in [3.05, 3.63) is 33.8 Å². The Labute approximate surface area is 92.4 Å². The molecular formula is C11H13BrO2. The smallest absolute Gasteiger partial charge is 0.160 e. The minimum Gasteiger partial charge on any atom is -0.377 e. The molecule has 0 aliphatic rings. The number of hydrogen-bond acceptors (Lipinski definition) is 2. The number of rotatable bonds is 4. The third-order valence-corrected chi connectivity index (χ3v) is 2.41. The Kier molecular flexibility index (Phi) is 4.29. The summed E-state index contributed by atoms with van der Waals surface area (Å²) in [7, 11) is 0. The molecule has 0 bridgehead atoms. The molecule has 0 aliphatic carbocycles. The van der Waals surface area contributed by atoms with E-state index in [0.29, 0.717) is 13.2 Å². The lowest BCUT2D eigenvalue weighted by molar-refractivity contribution is 0.100. The van der Waals surface area contributed by atoms with E-state index in [-0.39, 0.29) is 5.78 Å². The van der Waals surface area contributed by atoms with Gasteiger partial charge < -0.3 is 4.74 Å². The number of ketones is 1. The Balaban J connectivity index is 2.96. The van der Waals surface area contributed by atoms with Crippen LogP contribution in [0.25, 0.3) is 0 Å². The normalized spacial score (nSPS) is 10.2. The zero-order valence-electron chi connectivity index (χ0n) is 8.34. The quantitative estimate of drug-likeness (QED) is 0.774. The number of carbonyl (C=O) groups excluding carboxylic acids is 1. The van der Waals surface area contributed by atoms with Crippen LogP contribution in [-0.2, 0) is 11.3 Å². The highest BCUT2D eigenvalue weighted by molar-refractivity contribution is 9.10. The Bertz CT molecular complexity index is 334. The summed E-state index contributed by atoms with van der Waals surface area (Å²) in [5.41, 5.74) is 1.68. The van der Waals surface area contributed by atoms with E-state index in [9.17, 15) is 4.79 Å². The van der Waals surface area contributed by atoms with Gasteiger partial charge in [-0.25, -0.2) is 0 Å². The van der Waals surface area contributed by atoms with Crippen molar-refractivity contribution in [2.24, 2.45) is 0 Å². The van der Waals surface area contributed by atoms with Crippen LogP contribution in [0.2, 0.25) is 0 Å². The molecule has 0 heterocycles. The number of halogens is 1. The summed E-state index contributed by atoms with van der Waals surface area (Å²) in [6, 6.07) is 5.66. The molecule has 0 fully saturated rings. The van der Waals surface area contributed by atoms with E-state index in [4.69, 9.17) is 4.74 Å². The Morgan fingerprint density at radius 1 is 1.50 bits per heavy atom. The van der Waals surface area contributed by atoms with Crippen molar-refractivity contribution in [1.29, 1.82) is 0 Å². The molecule has 76 valence electrons. The van der Waals surface area contributed by atoms with Crippen LogP contribution in [0, 0.1) is 0 Å². The lowest BCUT2D eigenvalue weighted by Crippen LogP contribution is -2.01. The van der Waals surface area contributed by atoms with E-state index in [2.05, 4.69) is 15.9 Å². The summed E-state index contributed by atoms with van der Waals surface area (Å²) in [4.78, 5) is 11.3. The van der Waals surface area contributed by atoms with Gasteiger partial charge in [0.15, 0.2) is 5.78 Å². The molecule has 0 N–H and O–H groups in total. The maximum absolute atomic E-state index is 11.3. The molecule has 3 heteroatoms. The van der Waals surface area contributed by atoms with E-state index >= 15 is 0 Å². The van der Waals surface area contributed by atoms with E-state index in [0.717, 1.165) is 15.6 Å². The largest absolute Gasteiger partial charge is 0.377 e. The second-order valence-electron chi connectivity index (χ2n) is 2.99. The van der Waals surface area contributed by atoms with Crippen LogP contribution in [-0.4, -0.2) is 12.4 Å². The monoisotopic (exact) mass is 256 g/mol. The average Bonchev–Trinajstić information content (AvgIpc) is 2.15. The molecule has 0 amide bonds. The lowest BCUT2D eigenvalue weighted by Gasteiger charge is -2.07. The number of benzene rings is 1. The summed E-state index contributed by atoms with van der Waals surface area (Å²) in [6.45, 7) is 4.66. The van der Waals surface area contributed by atoms with Crippen LogP contribution >= 0.6 is 15.9 Å². The topological polar surface area (TPSA) is 26.3 Å². The van der Waals surface area contributed by atoms with Gasteiger partial charge in [-0.15, -0.1) is 0 Å². The number of carbonyl (C=O) groups is 1. The van der Waals surface area contributed by atoms with Crippen molar-refractivity contribution in [2.45, 2.75) is 20.5 Å². The van der Waals surface area contributed by atoms with Crippen molar-refractivity contribution in [3.63, 3.8) is 0 Å². The molecule has 0 unspecified atom stereocenters. The molecule has 14 heavy (non-hydrogen) atoms. The first-order chi connectivity index (χ1) is 6.65. The van der Waals surface area contributed by atoms with Crippen molar-refractivity contribution in [1.82, 2.24) is 0 Å². The summed E-state index contributed by atoms with van der Waals surface area (Å²) in [5.74, 6) is 0.0704. The number of ether oxygens (including phenoxy) is 1. The van der Waals surface area contributed by atoms with Gasteiger partial charge in [0.05, 0.1) is 6.61 Å². The first-order valence-corrected chi connectivity index (χ1v) is 5.31. The van der Waals surface area contributed by atoms with Gasteiger partial charge in [0.1, 0.15) is 0 Å². The van der Waals surface area contributed by atoms with E-state index in [1.54, 1.807) is 6.92 Å². The van der Waals surface area contributed by atoms with Crippen molar-refractivity contribution >= 4 is 21.7 Å². The SMILES string of the molecule is CCOCc1ccc(Br)cc1C(C)=O. The summed E-state index contributed by atoms with van der Waals surface area (Å²) >= 11 is 3.34. The molecule has 1 aromatic carbocycles. The Hall–Kier alpha value is -0.670. The molecule has 0 saturated heterocycles. The summed E-state index contributed by atoms with van der Waals surface area (Å²) in [5, 5.41) is 0. The third kappa shape index (κ3) is 2.93. The molecule has 0 aliphatic heterocycles.